The standard InChI is InChI=1S/C12H10N4S/c1-3-13-12(14-4-1)16-8-9-6-11-10(15-7-9)2-5-17-11/h1-7H,8H2,(H,13,14,16). The van der Waals surface area contributed by atoms with E-state index in [4.69, 9.17) is 0 Å². The molecule has 0 saturated carbocycles. The summed E-state index contributed by atoms with van der Waals surface area (Å²) in [6, 6.07) is 5.96. The maximum Gasteiger partial charge on any atom is 0.222 e. The Morgan fingerprint density at radius 1 is 1.18 bits per heavy atom. The van der Waals surface area contributed by atoms with E-state index in [2.05, 4.69) is 31.7 Å². The van der Waals surface area contributed by atoms with Crippen LogP contribution in [0.15, 0.2) is 42.2 Å². The van der Waals surface area contributed by atoms with E-state index in [0.29, 0.717) is 12.5 Å². The topological polar surface area (TPSA) is 50.7 Å². The van der Waals surface area contributed by atoms with Crippen LogP contribution in [-0.2, 0) is 6.54 Å². The molecular weight excluding hydrogens is 232 g/mol. The van der Waals surface area contributed by atoms with Gasteiger partial charge < -0.3 is 5.32 Å². The summed E-state index contributed by atoms with van der Waals surface area (Å²) in [7, 11) is 0. The zero-order valence-corrected chi connectivity index (χ0v) is 9.81. The molecule has 0 saturated heterocycles. The van der Waals surface area contributed by atoms with Crippen LogP contribution in [0.25, 0.3) is 10.2 Å². The average molecular weight is 242 g/mol. The van der Waals surface area contributed by atoms with E-state index in [0.717, 1.165) is 11.1 Å². The van der Waals surface area contributed by atoms with Crippen molar-refractivity contribution in [2.45, 2.75) is 6.54 Å². The van der Waals surface area contributed by atoms with Crippen molar-refractivity contribution in [3.63, 3.8) is 0 Å². The second-order valence-corrected chi connectivity index (χ2v) is 4.52. The van der Waals surface area contributed by atoms with Gasteiger partial charge in [0.1, 0.15) is 0 Å². The van der Waals surface area contributed by atoms with Crippen LogP contribution in [0.3, 0.4) is 0 Å². The Balaban J connectivity index is 1.76. The fourth-order valence-electron chi connectivity index (χ4n) is 1.56. The Morgan fingerprint density at radius 3 is 2.94 bits per heavy atom. The van der Waals surface area contributed by atoms with Gasteiger partial charge in [0.15, 0.2) is 0 Å². The number of hydrogen-bond acceptors (Lipinski definition) is 5. The van der Waals surface area contributed by atoms with Crippen LogP contribution >= 0.6 is 11.3 Å². The Kier molecular flexibility index (Phi) is 2.67. The molecule has 0 aliphatic rings. The molecule has 0 aliphatic heterocycles. The number of fused-ring (bicyclic) bond motifs is 1. The molecule has 3 rings (SSSR count). The summed E-state index contributed by atoms with van der Waals surface area (Å²) < 4.78 is 1.21. The molecule has 1 N–H and O–H groups in total. The van der Waals surface area contributed by atoms with E-state index >= 15 is 0 Å². The number of pyridine rings is 1. The van der Waals surface area contributed by atoms with Crippen molar-refractivity contribution < 1.29 is 0 Å². The van der Waals surface area contributed by atoms with Gasteiger partial charge in [0, 0.05) is 25.1 Å². The van der Waals surface area contributed by atoms with Gasteiger partial charge in [0.2, 0.25) is 5.95 Å². The summed E-state index contributed by atoms with van der Waals surface area (Å²) in [5.74, 6) is 0.638. The number of hydrogen-bond donors (Lipinski definition) is 1. The normalized spacial score (nSPS) is 10.6. The third-order valence-electron chi connectivity index (χ3n) is 2.38. The molecular formula is C12H10N4S. The predicted octanol–water partition coefficient (Wildman–Crippen LogP) is 2.70. The first-order valence-electron chi connectivity index (χ1n) is 5.25. The lowest BCUT2D eigenvalue weighted by atomic mass is 10.2. The van der Waals surface area contributed by atoms with E-state index in [1.54, 1.807) is 29.8 Å². The Morgan fingerprint density at radius 2 is 2.06 bits per heavy atom. The van der Waals surface area contributed by atoms with Gasteiger partial charge in [-0.3, -0.25) is 4.98 Å². The van der Waals surface area contributed by atoms with E-state index in [1.165, 1.54) is 4.70 Å². The van der Waals surface area contributed by atoms with Gasteiger partial charge in [0.05, 0.1) is 10.2 Å². The lowest BCUT2D eigenvalue weighted by Crippen LogP contribution is -2.02. The van der Waals surface area contributed by atoms with Gasteiger partial charge in [-0.05, 0) is 29.1 Å². The maximum absolute atomic E-state index is 4.38. The summed E-state index contributed by atoms with van der Waals surface area (Å²) in [6.07, 6.45) is 5.32. The summed E-state index contributed by atoms with van der Waals surface area (Å²) in [6.45, 7) is 0.685. The minimum atomic E-state index is 0.638. The largest absolute Gasteiger partial charge is 0.350 e. The molecule has 3 aromatic rings. The molecule has 0 spiro atoms. The second-order valence-electron chi connectivity index (χ2n) is 3.57. The monoisotopic (exact) mass is 242 g/mol. The van der Waals surface area contributed by atoms with Crippen LogP contribution in [0.4, 0.5) is 5.95 Å². The van der Waals surface area contributed by atoms with Crippen LogP contribution in [0.2, 0.25) is 0 Å². The van der Waals surface area contributed by atoms with Crippen molar-refractivity contribution in [2.75, 3.05) is 5.32 Å². The second kappa shape index (κ2) is 4.47. The van der Waals surface area contributed by atoms with Gasteiger partial charge in [-0.1, -0.05) is 0 Å². The summed E-state index contributed by atoms with van der Waals surface area (Å²) in [4.78, 5) is 12.6. The molecule has 3 heterocycles. The van der Waals surface area contributed by atoms with Gasteiger partial charge in [0.25, 0.3) is 0 Å². The number of aromatic nitrogens is 3. The van der Waals surface area contributed by atoms with Gasteiger partial charge in [-0.25, -0.2) is 9.97 Å². The summed E-state index contributed by atoms with van der Waals surface area (Å²) >= 11 is 1.70. The van der Waals surface area contributed by atoms with Gasteiger partial charge >= 0.3 is 0 Å². The Hall–Kier alpha value is -2.01. The van der Waals surface area contributed by atoms with Crippen molar-refractivity contribution >= 4 is 27.5 Å². The smallest absolute Gasteiger partial charge is 0.222 e. The first-order valence-corrected chi connectivity index (χ1v) is 6.13. The average Bonchev–Trinajstić information content (AvgIpc) is 2.85. The number of anilines is 1. The molecule has 0 fully saturated rings. The SMILES string of the molecule is c1cnc(NCc2cnc3ccsc3c2)nc1. The van der Waals surface area contributed by atoms with E-state index in [9.17, 15) is 0 Å². The molecule has 84 valence electrons. The van der Waals surface area contributed by atoms with Gasteiger partial charge in [-0.15, -0.1) is 11.3 Å². The molecule has 0 amide bonds. The highest BCUT2D eigenvalue weighted by atomic mass is 32.1. The molecule has 0 atom stereocenters. The van der Waals surface area contributed by atoms with Crippen LogP contribution in [0, 0.1) is 0 Å². The maximum atomic E-state index is 4.38. The molecule has 0 radical (unpaired) electrons. The van der Waals surface area contributed by atoms with Crippen molar-refractivity contribution in [1.29, 1.82) is 0 Å². The third kappa shape index (κ3) is 2.24. The Labute approximate surface area is 102 Å². The molecule has 0 bridgehead atoms. The highest BCUT2D eigenvalue weighted by molar-refractivity contribution is 7.17. The van der Waals surface area contributed by atoms with Crippen molar-refractivity contribution in [3.05, 3.63) is 47.7 Å². The van der Waals surface area contributed by atoms with Crippen molar-refractivity contribution in [2.24, 2.45) is 0 Å². The van der Waals surface area contributed by atoms with Crippen molar-refractivity contribution in [1.82, 2.24) is 15.0 Å². The fraction of sp³-hybridized carbons (Fsp3) is 0.0833. The van der Waals surface area contributed by atoms with Crippen LogP contribution in [0.1, 0.15) is 5.56 Å². The third-order valence-corrected chi connectivity index (χ3v) is 3.23. The minimum Gasteiger partial charge on any atom is -0.350 e. The number of nitrogens with one attached hydrogen (secondary N) is 1. The summed E-state index contributed by atoms with van der Waals surface area (Å²) in [5.41, 5.74) is 2.18. The van der Waals surface area contributed by atoms with Crippen LogP contribution in [0.5, 0.6) is 0 Å². The molecule has 17 heavy (non-hydrogen) atoms. The van der Waals surface area contributed by atoms with Crippen molar-refractivity contribution in [3.8, 4) is 0 Å². The predicted molar refractivity (Wildman–Crippen MR) is 69.0 cm³/mol. The molecule has 5 heteroatoms. The highest BCUT2D eigenvalue weighted by Crippen LogP contribution is 2.19. The number of rotatable bonds is 3. The number of nitrogens with zero attached hydrogens (tertiary/aromatic N) is 3. The van der Waals surface area contributed by atoms with E-state index in [-0.39, 0.29) is 0 Å². The highest BCUT2D eigenvalue weighted by Gasteiger charge is 1.99. The molecule has 0 unspecified atom stereocenters. The molecule has 0 aliphatic carbocycles. The molecule has 3 aromatic heterocycles. The zero-order chi connectivity index (χ0) is 11.5. The zero-order valence-electron chi connectivity index (χ0n) is 9.00. The molecule has 4 nitrogen and oxygen atoms in total. The Bertz CT molecular complexity index is 620. The fourth-order valence-corrected chi connectivity index (χ4v) is 2.36. The molecule has 0 aromatic carbocycles. The first kappa shape index (κ1) is 10.2. The quantitative estimate of drug-likeness (QED) is 0.767. The lowest BCUT2D eigenvalue weighted by molar-refractivity contribution is 1.05. The first-order chi connectivity index (χ1) is 8.42. The summed E-state index contributed by atoms with van der Waals surface area (Å²) in [5, 5.41) is 5.21. The number of thiophene rings is 1. The van der Waals surface area contributed by atoms with E-state index < -0.39 is 0 Å². The lowest BCUT2D eigenvalue weighted by Gasteiger charge is -2.03. The van der Waals surface area contributed by atoms with Crippen LogP contribution in [-0.4, -0.2) is 15.0 Å². The van der Waals surface area contributed by atoms with Gasteiger partial charge in [-0.2, -0.15) is 0 Å². The van der Waals surface area contributed by atoms with E-state index in [1.807, 2.05) is 12.3 Å². The minimum absolute atomic E-state index is 0.638. The van der Waals surface area contributed by atoms with Crippen LogP contribution < -0.4 is 5.32 Å².